The fraction of sp³-hybridized carbons (Fsp3) is 0.846. The van der Waals surface area contributed by atoms with E-state index in [-0.39, 0.29) is 0 Å². The first kappa shape index (κ1) is 11.2. The van der Waals surface area contributed by atoms with E-state index in [1.54, 1.807) is 0 Å². The minimum Gasteiger partial charge on any atom is -0.317 e. The molecule has 2 aliphatic heterocycles. The number of hydrogen-bond acceptors (Lipinski definition) is 2. The summed E-state index contributed by atoms with van der Waals surface area (Å²) in [5.74, 6) is 0. The number of nitrogens with one attached hydrogen (secondary N) is 1. The van der Waals surface area contributed by atoms with Crippen molar-refractivity contribution in [3.63, 3.8) is 0 Å². The lowest BCUT2D eigenvalue weighted by Crippen LogP contribution is -2.45. The zero-order chi connectivity index (χ0) is 10.6. The predicted molar refractivity (Wildman–Crippen MR) is 65.0 cm³/mol. The maximum atomic E-state index is 3.48. The molecular weight excluding hydrogens is 184 g/mol. The van der Waals surface area contributed by atoms with Gasteiger partial charge in [-0.2, -0.15) is 0 Å². The van der Waals surface area contributed by atoms with Crippen LogP contribution < -0.4 is 5.32 Å². The van der Waals surface area contributed by atoms with Gasteiger partial charge in [0.15, 0.2) is 0 Å². The van der Waals surface area contributed by atoms with E-state index in [1.165, 1.54) is 58.4 Å². The van der Waals surface area contributed by atoms with E-state index in [9.17, 15) is 0 Å². The third-order valence-corrected chi connectivity index (χ3v) is 4.12. The molecule has 2 heteroatoms. The lowest BCUT2D eigenvalue weighted by Gasteiger charge is -2.41. The summed E-state index contributed by atoms with van der Waals surface area (Å²) >= 11 is 0. The summed E-state index contributed by atoms with van der Waals surface area (Å²) in [6.45, 7) is 8.57. The van der Waals surface area contributed by atoms with Gasteiger partial charge < -0.3 is 5.32 Å². The topological polar surface area (TPSA) is 15.3 Å². The van der Waals surface area contributed by atoms with E-state index in [0.29, 0.717) is 5.41 Å². The average Bonchev–Trinajstić information content (AvgIpc) is 2.32. The minimum absolute atomic E-state index is 0.608. The van der Waals surface area contributed by atoms with Crippen LogP contribution in [0.2, 0.25) is 0 Å². The van der Waals surface area contributed by atoms with Crippen molar-refractivity contribution in [2.45, 2.75) is 32.6 Å². The Bertz CT molecular complexity index is 217. The molecule has 0 radical (unpaired) electrons. The Labute approximate surface area is 93.7 Å². The van der Waals surface area contributed by atoms with Gasteiger partial charge in [0.05, 0.1) is 0 Å². The summed E-state index contributed by atoms with van der Waals surface area (Å²) in [5.41, 5.74) is 0.608. The molecule has 2 aliphatic rings. The van der Waals surface area contributed by atoms with Crippen molar-refractivity contribution in [3.05, 3.63) is 12.2 Å². The SMILES string of the molecule is CCC1(CN2CC=CCC2)CCNCC1. The molecule has 0 aromatic rings. The zero-order valence-corrected chi connectivity index (χ0v) is 9.97. The van der Waals surface area contributed by atoms with Crippen molar-refractivity contribution in [3.8, 4) is 0 Å². The van der Waals surface area contributed by atoms with Crippen LogP contribution in [0.1, 0.15) is 32.6 Å². The van der Waals surface area contributed by atoms with Crippen LogP contribution >= 0.6 is 0 Å². The average molecular weight is 208 g/mol. The molecule has 0 aromatic heterocycles. The summed E-state index contributed by atoms with van der Waals surface area (Å²) in [4.78, 5) is 2.63. The highest BCUT2D eigenvalue weighted by Gasteiger charge is 2.31. The maximum Gasteiger partial charge on any atom is 0.0163 e. The summed E-state index contributed by atoms with van der Waals surface area (Å²) < 4.78 is 0. The van der Waals surface area contributed by atoms with Gasteiger partial charge in [-0.3, -0.25) is 4.90 Å². The van der Waals surface area contributed by atoms with Gasteiger partial charge in [0.2, 0.25) is 0 Å². The lowest BCUT2D eigenvalue weighted by molar-refractivity contribution is 0.113. The molecule has 0 bridgehead atoms. The minimum atomic E-state index is 0.608. The molecule has 0 atom stereocenters. The van der Waals surface area contributed by atoms with E-state index in [1.807, 2.05) is 0 Å². The molecule has 0 aliphatic carbocycles. The van der Waals surface area contributed by atoms with Crippen LogP contribution in [-0.4, -0.2) is 37.6 Å². The van der Waals surface area contributed by atoms with Crippen LogP contribution in [-0.2, 0) is 0 Å². The van der Waals surface area contributed by atoms with Gasteiger partial charge in [-0.25, -0.2) is 0 Å². The predicted octanol–water partition coefficient (Wildman–Crippen LogP) is 2.03. The Kier molecular flexibility index (Phi) is 3.81. The normalized spacial score (nSPS) is 26.7. The molecule has 0 unspecified atom stereocenters. The van der Waals surface area contributed by atoms with Crippen LogP contribution in [0.5, 0.6) is 0 Å². The van der Waals surface area contributed by atoms with Crippen molar-refractivity contribution in [2.75, 3.05) is 32.7 Å². The van der Waals surface area contributed by atoms with E-state index in [4.69, 9.17) is 0 Å². The van der Waals surface area contributed by atoms with E-state index < -0.39 is 0 Å². The monoisotopic (exact) mass is 208 g/mol. The van der Waals surface area contributed by atoms with E-state index >= 15 is 0 Å². The number of nitrogens with zero attached hydrogens (tertiary/aromatic N) is 1. The fourth-order valence-corrected chi connectivity index (χ4v) is 2.89. The number of piperidine rings is 1. The van der Waals surface area contributed by atoms with Gasteiger partial charge in [-0.05, 0) is 44.2 Å². The van der Waals surface area contributed by atoms with Crippen molar-refractivity contribution >= 4 is 0 Å². The number of rotatable bonds is 3. The number of hydrogen-bond donors (Lipinski definition) is 1. The van der Waals surface area contributed by atoms with Crippen molar-refractivity contribution in [1.29, 1.82) is 0 Å². The zero-order valence-electron chi connectivity index (χ0n) is 9.97. The molecule has 1 saturated heterocycles. The second-order valence-corrected chi connectivity index (χ2v) is 5.10. The van der Waals surface area contributed by atoms with Crippen molar-refractivity contribution in [1.82, 2.24) is 10.2 Å². The van der Waals surface area contributed by atoms with Crippen LogP contribution in [0, 0.1) is 5.41 Å². The Balaban J connectivity index is 1.91. The first-order chi connectivity index (χ1) is 7.35. The van der Waals surface area contributed by atoms with Crippen LogP contribution in [0.4, 0.5) is 0 Å². The summed E-state index contributed by atoms with van der Waals surface area (Å²) in [6, 6.07) is 0. The lowest BCUT2D eigenvalue weighted by atomic mass is 9.76. The Morgan fingerprint density at radius 1 is 1.27 bits per heavy atom. The van der Waals surface area contributed by atoms with Crippen LogP contribution in [0.25, 0.3) is 0 Å². The molecule has 2 rings (SSSR count). The molecule has 0 saturated carbocycles. The second kappa shape index (κ2) is 5.13. The third-order valence-electron chi connectivity index (χ3n) is 4.12. The van der Waals surface area contributed by atoms with Crippen LogP contribution in [0.3, 0.4) is 0 Å². The van der Waals surface area contributed by atoms with Gasteiger partial charge in [-0.1, -0.05) is 19.1 Å². The standard InChI is InChI=1S/C13H24N2/c1-2-13(6-8-14-9-7-13)12-15-10-4-3-5-11-15/h3-4,14H,2,5-12H2,1H3. The van der Waals surface area contributed by atoms with Gasteiger partial charge in [0, 0.05) is 19.6 Å². The van der Waals surface area contributed by atoms with Gasteiger partial charge in [-0.15, -0.1) is 0 Å². The van der Waals surface area contributed by atoms with Gasteiger partial charge in [0.1, 0.15) is 0 Å². The van der Waals surface area contributed by atoms with Gasteiger partial charge in [0.25, 0.3) is 0 Å². The van der Waals surface area contributed by atoms with Crippen molar-refractivity contribution in [2.24, 2.45) is 5.41 Å². The fourth-order valence-electron chi connectivity index (χ4n) is 2.89. The highest BCUT2D eigenvalue weighted by atomic mass is 15.1. The van der Waals surface area contributed by atoms with E-state index in [2.05, 4.69) is 29.3 Å². The van der Waals surface area contributed by atoms with Crippen molar-refractivity contribution < 1.29 is 0 Å². The maximum absolute atomic E-state index is 3.48. The quantitative estimate of drug-likeness (QED) is 0.714. The summed E-state index contributed by atoms with van der Waals surface area (Å²) in [5, 5.41) is 3.48. The smallest absolute Gasteiger partial charge is 0.0163 e. The summed E-state index contributed by atoms with van der Waals surface area (Å²) in [7, 11) is 0. The molecule has 2 nitrogen and oxygen atoms in total. The third kappa shape index (κ3) is 2.82. The summed E-state index contributed by atoms with van der Waals surface area (Å²) in [6.07, 6.45) is 9.96. The Hall–Kier alpha value is -0.340. The first-order valence-electron chi connectivity index (χ1n) is 6.43. The Morgan fingerprint density at radius 3 is 2.67 bits per heavy atom. The second-order valence-electron chi connectivity index (χ2n) is 5.10. The molecule has 2 heterocycles. The molecule has 0 aromatic carbocycles. The molecule has 15 heavy (non-hydrogen) atoms. The highest BCUT2D eigenvalue weighted by molar-refractivity contribution is 4.94. The molecule has 1 fully saturated rings. The molecule has 0 spiro atoms. The van der Waals surface area contributed by atoms with Gasteiger partial charge >= 0.3 is 0 Å². The highest BCUT2D eigenvalue weighted by Crippen LogP contribution is 2.33. The Morgan fingerprint density at radius 2 is 2.07 bits per heavy atom. The largest absolute Gasteiger partial charge is 0.317 e. The van der Waals surface area contributed by atoms with E-state index in [0.717, 1.165) is 0 Å². The molecule has 86 valence electrons. The molecule has 0 amide bonds. The first-order valence-corrected chi connectivity index (χ1v) is 6.43. The molecule has 1 N–H and O–H groups in total. The molecular formula is C13H24N2. The van der Waals surface area contributed by atoms with Crippen LogP contribution in [0.15, 0.2) is 12.2 Å².